The summed E-state index contributed by atoms with van der Waals surface area (Å²) in [7, 11) is 0. The maximum Gasteiger partial charge on any atom is 0.573 e. The highest BCUT2D eigenvalue weighted by atomic mass is 35.5. The SMILES string of the molecule is O=C(NCc1ccccc1OC(F)(F)F)c1ccc(Cl)o1. The Bertz CT molecular complexity index is 640. The zero-order valence-corrected chi connectivity index (χ0v) is 11.2. The first kappa shape index (κ1) is 15.2. The van der Waals surface area contributed by atoms with Crippen LogP contribution < -0.4 is 10.1 Å². The number of furan rings is 1. The van der Waals surface area contributed by atoms with E-state index in [4.69, 9.17) is 16.0 Å². The number of ether oxygens (including phenoxy) is 1. The summed E-state index contributed by atoms with van der Waals surface area (Å²) in [6.45, 7) is -0.149. The van der Waals surface area contributed by atoms with Crippen LogP contribution in [0.4, 0.5) is 13.2 Å². The van der Waals surface area contributed by atoms with Crippen molar-refractivity contribution >= 4 is 17.5 Å². The number of para-hydroxylation sites is 1. The molecule has 0 saturated heterocycles. The number of halogens is 4. The third-order valence-electron chi connectivity index (χ3n) is 2.43. The molecule has 8 heteroatoms. The Morgan fingerprint density at radius 3 is 2.57 bits per heavy atom. The molecular weight excluding hydrogens is 311 g/mol. The second kappa shape index (κ2) is 6.09. The molecule has 0 fully saturated rings. The number of hydrogen-bond acceptors (Lipinski definition) is 3. The van der Waals surface area contributed by atoms with Gasteiger partial charge in [0.2, 0.25) is 0 Å². The van der Waals surface area contributed by atoms with Crippen LogP contribution in [0.1, 0.15) is 16.1 Å². The van der Waals surface area contributed by atoms with Crippen molar-refractivity contribution in [3.8, 4) is 5.75 Å². The van der Waals surface area contributed by atoms with E-state index in [1.54, 1.807) is 0 Å². The Kier molecular flexibility index (Phi) is 4.42. The first-order valence-electron chi connectivity index (χ1n) is 5.72. The largest absolute Gasteiger partial charge is 0.573 e. The van der Waals surface area contributed by atoms with Crippen LogP contribution >= 0.6 is 11.6 Å². The quantitative estimate of drug-likeness (QED) is 0.933. The van der Waals surface area contributed by atoms with Gasteiger partial charge in [0.05, 0.1) is 0 Å². The van der Waals surface area contributed by atoms with Gasteiger partial charge in [0.1, 0.15) is 5.75 Å². The van der Waals surface area contributed by atoms with Crippen molar-refractivity contribution < 1.29 is 27.1 Å². The average molecular weight is 320 g/mol. The molecule has 112 valence electrons. The fraction of sp³-hybridized carbons (Fsp3) is 0.154. The van der Waals surface area contributed by atoms with Crippen molar-refractivity contribution in [2.45, 2.75) is 12.9 Å². The molecule has 2 aromatic rings. The molecule has 0 unspecified atom stereocenters. The van der Waals surface area contributed by atoms with E-state index in [9.17, 15) is 18.0 Å². The van der Waals surface area contributed by atoms with E-state index in [1.807, 2.05) is 0 Å². The number of hydrogen-bond donors (Lipinski definition) is 1. The van der Waals surface area contributed by atoms with E-state index in [-0.39, 0.29) is 28.8 Å². The summed E-state index contributed by atoms with van der Waals surface area (Å²) in [6.07, 6.45) is -4.80. The van der Waals surface area contributed by atoms with Crippen molar-refractivity contribution in [1.29, 1.82) is 0 Å². The number of nitrogens with one attached hydrogen (secondary N) is 1. The zero-order chi connectivity index (χ0) is 15.5. The van der Waals surface area contributed by atoms with E-state index in [1.165, 1.54) is 36.4 Å². The number of carbonyl (C=O) groups excluding carboxylic acids is 1. The fourth-order valence-corrected chi connectivity index (χ4v) is 1.72. The molecule has 0 aliphatic carbocycles. The van der Waals surface area contributed by atoms with E-state index in [2.05, 4.69) is 10.1 Å². The lowest BCUT2D eigenvalue weighted by atomic mass is 10.2. The standard InChI is InChI=1S/C13H9ClF3NO3/c14-11-6-5-10(20-11)12(19)18-7-8-3-1-2-4-9(8)21-13(15,16)17/h1-6H,7H2,(H,18,19). The van der Waals surface area contributed by atoms with Crippen molar-refractivity contribution in [3.05, 3.63) is 52.9 Å². The molecule has 0 aliphatic heterocycles. The van der Waals surface area contributed by atoms with Crippen LogP contribution in [0.2, 0.25) is 5.22 Å². The van der Waals surface area contributed by atoms with Crippen molar-refractivity contribution in [3.63, 3.8) is 0 Å². The van der Waals surface area contributed by atoms with Gasteiger partial charge in [-0.05, 0) is 29.8 Å². The highest BCUT2D eigenvalue weighted by Gasteiger charge is 2.32. The van der Waals surface area contributed by atoms with Crippen molar-refractivity contribution in [1.82, 2.24) is 5.32 Å². The van der Waals surface area contributed by atoms with Crippen molar-refractivity contribution in [2.75, 3.05) is 0 Å². The molecule has 0 saturated carbocycles. The van der Waals surface area contributed by atoms with Gasteiger partial charge in [-0.1, -0.05) is 18.2 Å². The molecule has 0 spiro atoms. The van der Waals surface area contributed by atoms with Crippen LogP contribution in [0, 0.1) is 0 Å². The van der Waals surface area contributed by atoms with Crippen LogP contribution in [0.15, 0.2) is 40.8 Å². The first-order chi connectivity index (χ1) is 9.85. The van der Waals surface area contributed by atoms with Crippen LogP contribution in [0.25, 0.3) is 0 Å². The summed E-state index contributed by atoms with van der Waals surface area (Å²) in [5, 5.41) is 2.46. The lowest BCUT2D eigenvalue weighted by Crippen LogP contribution is -2.24. The molecule has 0 atom stereocenters. The van der Waals surface area contributed by atoms with Crippen LogP contribution in [-0.4, -0.2) is 12.3 Å². The van der Waals surface area contributed by atoms with E-state index >= 15 is 0 Å². The number of benzene rings is 1. The van der Waals surface area contributed by atoms with Gasteiger partial charge in [0, 0.05) is 12.1 Å². The Hall–Kier alpha value is -2.15. The Balaban J connectivity index is 2.05. The summed E-state index contributed by atoms with van der Waals surface area (Å²) in [6, 6.07) is 8.26. The predicted molar refractivity (Wildman–Crippen MR) is 68.0 cm³/mol. The monoisotopic (exact) mass is 319 g/mol. The van der Waals surface area contributed by atoms with Crippen LogP contribution in [0.3, 0.4) is 0 Å². The first-order valence-corrected chi connectivity index (χ1v) is 6.10. The third kappa shape index (κ3) is 4.42. The predicted octanol–water partition coefficient (Wildman–Crippen LogP) is 3.76. The number of amides is 1. The normalized spacial score (nSPS) is 11.2. The van der Waals surface area contributed by atoms with Gasteiger partial charge in [-0.2, -0.15) is 0 Å². The highest BCUT2D eigenvalue weighted by Crippen LogP contribution is 2.26. The second-order valence-electron chi connectivity index (χ2n) is 3.94. The minimum atomic E-state index is -4.80. The fourth-order valence-electron chi connectivity index (χ4n) is 1.57. The third-order valence-corrected chi connectivity index (χ3v) is 2.64. The molecule has 1 N–H and O–H groups in total. The minimum absolute atomic E-state index is 0.0331. The minimum Gasteiger partial charge on any atom is -0.440 e. The molecule has 0 radical (unpaired) electrons. The number of carbonyl (C=O) groups is 1. The van der Waals surface area contributed by atoms with Crippen LogP contribution in [0.5, 0.6) is 5.75 Å². The highest BCUT2D eigenvalue weighted by molar-refractivity contribution is 6.29. The van der Waals surface area contributed by atoms with Gasteiger partial charge in [0.15, 0.2) is 11.0 Å². The summed E-state index contributed by atoms with van der Waals surface area (Å²) >= 11 is 5.53. The molecular formula is C13H9ClF3NO3. The van der Waals surface area contributed by atoms with Crippen molar-refractivity contribution in [2.24, 2.45) is 0 Å². The second-order valence-corrected chi connectivity index (χ2v) is 4.31. The molecule has 1 aromatic heterocycles. The van der Waals surface area contributed by atoms with Gasteiger partial charge in [0.25, 0.3) is 5.91 Å². The topological polar surface area (TPSA) is 51.5 Å². The van der Waals surface area contributed by atoms with Crippen LogP contribution in [-0.2, 0) is 6.54 Å². The Labute approximate surface area is 122 Å². The zero-order valence-electron chi connectivity index (χ0n) is 10.4. The smallest absolute Gasteiger partial charge is 0.440 e. The molecule has 0 aliphatic rings. The van der Waals surface area contributed by atoms with E-state index < -0.39 is 12.3 Å². The molecule has 1 aromatic carbocycles. The summed E-state index contributed by atoms with van der Waals surface area (Å²) in [4.78, 5) is 11.7. The van der Waals surface area contributed by atoms with Gasteiger partial charge in [-0.25, -0.2) is 0 Å². The summed E-state index contributed by atoms with van der Waals surface area (Å²) < 4.78 is 45.5. The van der Waals surface area contributed by atoms with Gasteiger partial charge >= 0.3 is 6.36 Å². The number of alkyl halides is 3. The van der Waals surface area contributed by atoms with Gasteiger partial charge in [-0.15, -0.1) is 13.2 Å². The Morgan fingerprint density at radius 2 is 1.95 bits per heavy atom. The van der Waals surface area contributed by atoms with E-state index in [0.29, 0.717) is 0 Å². The van der Waals surface area contributed by atoms with Gasteiger partial charge in [-0.3, -0.25) is 4.79 Å². The maximum absolute atomic E-state index is 12.2. The molecule has 4 nitrogen and oxygen atoms in total. The average Bonchev–Trinajstić information content (AvgIpc) is 2.82. The van der Waals surface area contributed by atoms with Gasteiger partial charge < -0.3 is 14.5 Å². The van der Waals surface area contributed by atoms with E-state index in [0.717, 1.165) is 0 Å². The lowest BCUT2D eigenvalue weighted by Gasteiger charge is -2.13. The molecule has 0 bridgehead atoms. The molecule has 21 heavy (non-hydrogen) atoms. The molecule has 1 amide bonds. The lowest BCUT2D eigenvalue weighted by molar-refractivity contribution is -0.274. The summed E-state index contributed by atoms with van der Waals surface area (Å²) in [5.74, 6) is -0.999. The number of rotatable bonds is 4. The maximum atomic E-state index is 12.2. The Morgan fingerprint density at radius 1 is 1.24 bits per heavy atom. The molecule has 2 rings (SSSR count). The molecule has 1 heterocycles. The summed E-state index contributed by atoms with van der Waals surface area (Å²) in [5.41, 5.74) is 0.181.